The zero-order valence-electron chi connectivity index (χ0n) is 9.40. The highest BCUT2D eigenvalue weighted by molar-refractivity contribution is 7.99. The first-order valence-corrected chi connectivity index (χ1v) is 7.59. The van der Waals surface area contributed by atoms with Gasteiger partial charge in [-0.15, -0.1) is 11.8 Å². The first kappa shape index (κ1) is 12.9. The Morgan fingerprint density at radius 1 is 1.33 bits per heavy atom. The van der Waals surface area contributed by atoms with Crippen molar-refractivity contribution in [1.29, 1.82) is 0 Å². The van der Waals surface area contributed by atoms with Crippen molar-refractivity contribution in [3.63, 3.8) is 0 Å². The lowest BCUT2D eigenvalue weighted by Gasteiger charge is -2.07. The maximum absolute atomic E-state index is 5.85. The van der Waals surface area contributed by atoms with Crippen molar-refractivity contribution in [2.45, 2.75) is 24.3 Å². The van der Waals surface area contributed by atoms with Crippen molar-refractivity contribution in [3.8, 4) is 0 Å². The Kier molecular flexibility index (Phi) is 6.22. The van der Waals surface area contributed by atoms with Crippen LogP contribution < -0.4 is 5.73 Å². The fourth-order valence-corrected chi connectivity index (χ4v) is 2.82. The van der Waals surface area contributed by atoms with Crippen molar-refractivity contribution in [2.75, 3.05) is 17.8 Å². The van der Waals surface area contributed by atoms with Gasteiger partial charge in [0.15, 0.2) is 0 Å². The zero-order valence-corrected chi connectivity index (χ0v) is 11.0. The second-order valence-electron chi connectivity index (χ2n) is 3.56. The number of nitrogens with two attached hydrogens (primary N) is 1. The molecule has 1 atom stereocenters. The van der Waals surface area contributed by atoms with E-state index in [0.29, 0.717) is 0 Å². The average molecular weight is 241 g/mol. The molecule has 1 unspecified atom stereocenters. The van der Waals surface area contributed by atoms with E-state index in [0.717, 1.165) is 0 Å². The van der Waals surface area contributed by atoms with Gasteiger partial charge >= 0.3 is 0 Å². The molecule has 0 bridgehead atoms. The van der Waals surface area contributed by atoms with E-state index in [9.17, 15) is 0 Å². The van der Waals surface area contributed by atoms with E-state index in [4.69, 9.17) is 5.73 Å². The summed E-state index contributed by atoms with van der Waals surface area (Å²) in [5.41, 5.74) is 7.07. The van der Waals surface area contributed by atoms with E-state index in [1.807, 2.05) is 30.4 Å². The highest BCUT2D eigenvalue weighted by Crippen LogP contribution is 2.22. The lowest BCUT2D eigenvalue weighted by Crippen LogP contribution is -2.04. The summed E-state index contributed by atoms with van der Waals surface area (Å²) in [5.74, 6) is 2.45. The molecule has 1 aromatic carbocycles. The van der Waals surface area contributed by atoms with Crippen LogP contribution in [0.3, 0.4) is 0 Å². The van der Waals surface area contributed by atoms with E-state index < -0.39 is 0 Å². The first-order chi connectivity index (χ1) is 7.24. The molecule has 15 heavy (non-hydrogen) atoms. The van der Waals surface area contributed by atoms with Gasteiger partial charge in [-0.2, -0.15) is 11.8 Å². The maximum Gasteiger partial charge on any atom is 0.0266 e. The molecule has 0 aromatic heterocycles. The van der Waals surface area contributed by atoms with Crippen LogP contribution in [0.2, 0.25) is 0 Å². The molecular weight excluding hydrogens is 222 g/mol. The standard InChI is InChI=1S/C12H19NS2/c1-10(13)11-5-3-6-12(9-11)15-8-4-7-14-2/h3,5-6,9-10H,4,7-8,13H2,1-2H3. The quantitative estimate of drug-likeness (QED) is 0.609. The summed E-state index contributed by atoms with van der Waals surface area (Å²) in [6, 6.07) is 8.69. The molecule has 0 aliphatic heterocycles. The predicted octanol–water partition coefficient (Wildman–Crippen LogP) is 3.55. The smallest absolute Gasteiger partial charge is 0.0266 e. The van der Waals surface area contributed by atoms with Crippen LogP contribution in [0.25, 0.3) is 0 Å². The molecule has 0 saturated heterocycles. The second kappa shape index (κ2) is 7.20. The van der Waals surface area contributed by atoms with Crippen molar-refractivity contribution in [2.24, 2.45) is 5.73 Å². The normalized spacial score (nSPS) is 12.7. The van der Waals surface area contributed by atoms with Gasteiger partial charge in [-0.25, -0.2) is 0 Å². The molecule has 0 saturated carbocycles. The monoisotopic (exact) mass is 241 g/mol. The molecule has 0 fully saturated rings. The van der Waals surface area contributed by atoms with Gasteiger partial charge in [-0.3, -0.25) is 0 Å². The Bertz CT molecular complexity index is 287. The van der Waals surface area contributed by atoms with Crippen LogP contribution in [0, 0.1) is 0 Å². The van der Waals surface area contributed by atoms with E-state index in [1.54, 1.807) is 0 Å². The van der Waals surface area contributed by atoms with Crippen molar-refractivity contribution in [1.82, 2.24) is 0 Å². The lowest BCUT2D eigenvalue weighted by molar-refractivity contribution is 0.815. The molecule has 0 radical (unpaired) electrons. The summed E-state index contributed by atoms with van der Waals surface area (Å²) in [4.78, 5) is 1.34. The first-order valence-electron chi connectivity index (χ1n) is 5.21. The summed E-state index contributed by atoms with van der Waals surface area (Å²) in [6.07, 6.45) is 3.43. The maximum atomic E-state index is 5.85. The molecule has 0 aliphatic carbocycles. The molecule has 1 nitrogen and oxygen atoms in total. The SMILES string of the molecule is CSCCCSc1cccc(C(C)N)c1. The zero-order chi connectivity index (χ0) is 11.1. The van der Waals surface area contributed by atoms with Gasteiger partial charge in [0, 0.05) is 10.9 Å². The average Bonchev–Trinajstić information content (AvgIpc) is 2.25. The van der Waals surface area contributed by atoms with Crippen molar-refractivity contribution in [3.05, 3.63) is 29.8 Å². The molecule has 84 valence electrons. The molecule has 1 aromatic rings. The van der Waals surface area contributed by atoms with E-state index >= 15 is 0 Å². The number of benzene rings is 1. The van der Waals surface area contributed by atoms with Crippen LogP contribution in [0.1, 0.15) is 24.9 Å². The van der Waals surface area contributed by atoms with Crippen molar-refractivity contribution < 1.29 is 0 Å². The largest absolute Gasteiger partial charge is 0.324 e. The summed E-state index contributed by atoms with van der Waals surface area (Å²) in [6.45, 7) is 2.03. The minimum Gasteiger partial charge on any atom is -0.324 e. The van der Waals surface area contributed by atoms with Crippen LogP contribution in [0.4, 0.5) is 0 Å². The molecule has 2 N–H and O–H groups in total. The highest BCUT2D eigenvalue weighted by Gasteiger charge is 2.00. The van der Waals surface area contributed by atoms with E-state index in [-0.39, 0.29) is 6.04 Å². The van der Waals surface area contributed by atoms with E-state index in [2.05, 4.69) is 30.5 Å². The Balaban J connectivity index is 2.43. The summed E-state index contributed by atoms with van der Waals surface area (Å²) in [7, 11) is 0. The number of hydrogen-bond donors (Lipinski definition) is 1. The van der Waals surface area contributed by atoms with Gasteiger partial charge in [-0.1, -0.05) is 12.1 Å². The second-order valence-corrected chi connectivity index (χ2v) is 5.71. The molecule has 0 heterocycles. The Morgan fingerprint density at radius 3 is 2.80 bits per heavy atom. The lowest BCUT2D eigenvalue weighted by atomic mass is 10.1. The molecular formula is C12H19NS2. The Hall–Kier alpha value is -0.120. The Morgan fingerprint density at radius 2 is 2.13 bits per heavy atom. The highest BCUT2D eigenvalue weighted by atomic mass is 32.2. The third kappa shape index (κ3) is 4.96. The summed E-state index contributed by atoms with van der Waals surface area (Å²) >= 11 is 3.83. The van der Waals surface area contributed by atoms with Crippen LogP contribution in [0.15, 0.2) is 29.2 Å². The minimum absolute atomic E-state index is 0.136. The molecule has 0 aliphatic rings. The summed E-state index contributed by atoms with van der Waals surface area (Å²) < 4.78 is 0. The number of hydrogen-bond acceptors (Lipinski definition) is 3. The minimum atomic E-state index is 0.136. The van der Waals surface area contributed by atoms with Crippen LogP contribution in [-0.4, -0.2) is 17.8 Å². The van der Waals surface area contributed by atoms with Gasteiger partial charge in [-0.05, 0) is 48.8 Å². The van der Waals surface area contributed by atoms with Gasteiger partial charge in [0.25, 0.3) is 0 Å². The molecule has 0 amide bonds. The molecule has 1 rings (SSSR count). The molecule has 3 heteroatoms. The van der Waals surface area contributed by atoms with Crippen molar-refractivity contribution >= 4 is 23.5 Å². The predicted molar refractivity (Wildman–Crippen MR) is 72.8 cm³/mol. The fourth-order valence-electron chi connectivity index (χ4n) is 1.28. The van der Waals surface area contributed by atoms with E-state index in [1.165, 1.54) is 28.4 Å². The van der Waals surface area contributed by atoms with Crippen LogP contribution in [-0.2, 0) is 0 Å². The van der Waals surface area contributed by atoms with Gasteiger partial charge < -0.3 is 5.73 Å². The fraction of sp³-hybridized carbons (Fsp3) is 0.500. The Labute approximate surface area is 101 Å². The third-order valence-corrected chi connectivity index (χ3v) is 3.92. The summed E-state index contributed by atoms with van der Waals surface area (Å²) in [5, 5.41) is 0. The van der Waals surface area contributed by atoms with Gasteiger partial charge in [0.05, 0.1) is 0 Å². The topological polar surface area (TPSA) is 26.0 Å². The van der Waals surface area contributed by atoms with Crippen LogP contribution >= 0.6 is 23.5 Å². The van der Waals surface area contributed by atoms with Crippen LogP contribution in [0.5, 0.6) is 0 Å². The van der Waals surface area contributed by atoms with Gasteiger partial charge in [0.1, 0.15) is 0 Å². The molecule has 0 spiro atoms. The van der Waals surface area contributed by atoms with Gasteiger partial charge in [0.2, 0.25) is 0 Å². The third-order valence-electron chi connectivity index (χ3n) is 2.15. The number of rotatable bonds is 6. The number of thioether (sulfide) groups is 2.